The van der Waals surface area contributed by atoms with Crippen LogP contribution in [0.5, 0.6) is 0 Å². The van der Waals surface area contributed by atoms with Gasteiger partial charge in [0.25, 0.3) is 0 Å². The Kier molecular flexibility index (Phi) is 3.71. The zero-order chi connectivity index (χ0) is 12.3. The maximum atomic E-state index is 5.62. The molecule has 0 aliphatic carbocycles. The van der Waals surface area contributed by atoms with E-state index in [1.54, 1.807) is 11.3 Å². The molecule has 0 saturated heterocycles. The van der Waals surface area contributed by atoms with E-state index in [1.807, 2.05) is 24.9 Å². The molecule has 5 heteroatoms. The summed E-state index contributed by atoms with van der Waals surface area (Å²) in [6, 6.07) is 6.08. The predicted octanol–water partition coefficient (Wildman–Crippen LogP) is 1.94. The van der Waals surface area contributed by atoms with E-state index in [9.17, 15) is 0 Å². The highest BCUT2D eigenvalue weighted by Crippen LogP contribution is 2.15. The Hall–Kier alpha value is -1.46. The monoisotopic (exact) mass is 248 g/mol. The summed E-state index contributed by atoms with van der Waals surface area (Å²) in [6.45, 7) is 3.23. The van der Waals surface area contributed by atoms with Crippen molar-refractivity contribution in [2.24, 2.45) is 5.73 Å². The van der Waals surface area contributed by atoms with Gasteiger partial charge >= 0.3 is 0 Å². The van der Waals surface area contributed by atoms with Gasteiger partial charge in [-0.15, -0.1) is 11.3 Å². The van der Waals surface area contributed by atoms with Crippen molar-refractivity contribution in [3.05, 3.63) is 39.8 Å². The molecule has 0 amide bonds. The van der Waals surface area contributed by atoms with Gasteiger partial charge in [-0.1, -0.05) is 6.07 Å². The molecule has 2 heterocycles. The lowest BCUT2D eigenvalue weighted by atomic mass is 10.3. The van der Waals surface area contributed by atoms with E-state index in [-0.39, 0.29) is 0 Å². The van der Waals surface area contributed by atoms with Crippen LogP contribution < -0.4 is 10.6 Å². The van der Waals surface area contributed by atoms with Crippen molar-refractivity contribution in [2.45, 2.75) is 20.0 Å². The standard InChI is InChI=1S/C12H16N4S/c1-9-6-10(7-13)15-12(14-9)16(2)8-11-4-3-5-17-11/h3-6H,7-8,13H2,1-2H3. The fourth-order valence-corrected chi connectivity index (χ4v) is 2.36. The number of thiophene rings is 1. The minimum atomic E-state index is 0.448. The van der Waals surface area contributed by atoms with Gasteiger partial charge in [-0.3, -0.25) is 0 Å². The highest BCUT2D eigenvalue weighted by Gasteiger charge is 2.07. The Balaban J connectivity index is 2.18. The van der Waals surface area contributed by atoms with Crippen LogP contribution in [-0.2, 0) is 13.1 Å². The van der Waals surface area contributed by atoms with Gasteiger partial charge in [0, 0.05) is 24.2 Å². The van der Waals surface area contributed by atoms with Crippen molar-refractivity contribution in [2.75, 3.05) is 11.9 Å². The van der Waals surface area contributed by atoms with Crippen molar-refractivity contribution < 1.29 is 0 Å². The second kappa shape index (κ2) is 5.25. The van der Waals surface area contributed by atoms with Crippen molar-refractivity contribution in [1.29, 1.82) is 0 Å². The van der Waals surface area contributed by atoms with Gasteiger partial charge in [0.2, 0.25) is 5.95 Å². The van der Waals surface area contributed by atoms with E-state index < -0.39 is 0 Å². The number of nitrogens with zero attached hydrogens (tertiary/aromatic N) is 3. The van der Waals surface area contributed by atoms with Crippen LogP contribution in [0.1, 0.15) is 16.3 Å². The van der Waals surface area contributed by atoms with Crippen molar-refractivity contribution >= 4 is 17.3 Å². The summed E-state index contributed by atoms with van der Waals surface area (Å²) in [6.07, 6.45) is 0. The number of rotatable bonds is 4. The van der Waals surface area contributed by atoms with E-state index in [0.717, 1.165) is 23.9 Å². The molecule has 0 unspecified atom stereocenters. The molecule has 0 fully saturated rings. The molecule has 0 atom stereocenters. The smallest absolute Gasteiger partial charge is 0.225 e. The Morgan fingerprint density at radius 2 is 2.24 bits per heavy atom. The Labute approximate surface area is 105 Å². The molecule has 0 spiro atoms. The zero-order valence-electron chi connectivity index (χ0n) is 10.1. The SMILES string of the molecule is Cc1cc(CN)nc(N(C)Cc2cccs2)n1. The third-order valence-electron chi connectivity index (χ3n) is 2.42. The molecule has 0 saturated carbocycles. The fourth-order valence-electron chi connectivity index (χ4n) is 1.60. The summed E-state index contributed by atoms with van der Waals surface area (Å²) in [5, 5.41) is 2.07. The molecule has 0 radical (unpaired) electrons. The lowest BCUT2D eigenvalue weighted by Crippen LogP contribution is -2.20. The number of anilines is 1. The molecule has 4 nitrogen and oxygen atoms in total. The van der Waals surface area contributed by atoms with Gasteiger partial charge in [0.1, 0.15) is 0 Å². The Morgan fingerprint density at radius 3 is 2.88 bits per heavy atom. The summed E-state index contributed by atoms with van der Waals surface area (Å²) in [5.74, 6) is 0.735. The van der Waals surface area contributed by atoms with E-state index in [1.165, 1.54) is 4.88 Å². The van der Waals surface area contributed by atoms with E-state index >= 15 is 0 Å². The van der Waals surface area contributed by atoms with Gasteiger partial charge in [0.05, 0.1) is 12.2 Å². The molecule has 90 valence electrons. The van der Waals surface area contributed by atoms with Crippen LogP contribution >= 0.6 is 11.3 Å². The first-order chi connectivity index (χ1) is 8.19. The summed E-state index contributed by atoms with van der Waals surface area (Å²) in [5.41, 5.74) is 7.45. The number of aryl methyl sites for hydroxylation is 1. The minimum Gasteiger partial charge on any atom is -0.339 e. The second-order valence-electron chi connectivity index (χ2n) is 3.94. The maximum Gasteiger partial charge on any atom is 0.225 e. The first kappa shape index (κ1) is 12.0. The Bertz CT molecular complexity index is 481. The molecule has 2 aromatic rings. The van der Waals surface area contributed by atoms with Crippen LogP contribution in [0.3, 0.4) is 0 Å². The average Bonchev–Trinajstić information content (AvgIpc) is 2.81. The van der Waals surface area contributed by atoms with Crippen molar-refractivity contribution in [3.63, 3.8) is 0 Å². The summed E-state index contributed by atoms with van der Waals surface area (Å²) in [7, 11) is 1.99. The minimum absolute atomic E-state index is 0.448. The van der Waals surface area contributed by atoms with Crippen LogP contribution in [0.25, 0.3) is 0 Å². The van der Waals surface area contributed by atoms with Crippen LogP contribution in [0.2, 0.25) is 0 Å². The third kappa shape index (κ3) is 3.01. The molecular formula is C12H16N4S. The predicted molar refractivity (Wildman–Crippen MR) is 71.1 cm³/mol. The lowest BCUT2D eigenvalue weighted by Gasteiger charge is -2.17. The van der Waals surface area contributed by atoms with Crippen molar-refractivity contribution in [1.82, 2.24) is 9.97 Å². The van der Waals surface area contributed by atoms with Crippen LogP contribution in [-0.4, -0.2) is 17.0 Å². The lowest BCUT2D eigenvalue weighted by molar-refractivity contribution is 0.844. The van der Waals surface area contributed by atoms with Crippen LogP contribution in [0.4, 0.5) is 5.95 Å². The first-order valence-corrected chi connectivity index (χ1v) is 6.35. The van der Waals surface area contributed by atoms with Gasteiger partial charge < -0.3 is 10.6 Å². The largest absolute Gasteiger partial charge is 0.339 e. The van der Waals surface area contributed by atoms with Gasteiger partial charge in [-0.2, -0.15) is 0 Å². The number of hydrogen-bond donors (Lipinski definition) is 1. The summed E-state index contributed by atoms with van der Waals surface area (Å²) < 4.78 is 0. The summed E-state index contributed by atoms with van der Waals surface area (Å²) in [4.78, 5) is 12.2. The first-order valence-electron chi connectivity index (χ1n) is 5.47. The summed E-state index contributed by atoms with van der Waals surface area (Å²) >= 11 is 1.74. The van der Waals surface area contributed by atoms with E-state index in [0.29, 0.717) is 6.54 Å². The quantitative estimate of drug-likeness (QED) is 0.898. The normalized spacial score (nSPS) is 10.5. The third-order valence-corrected chi connectivity index (χ3v) is 3.28. The van der Waals surface area contributed by atoms with Gasteiger partial charge in [0.15, 0.2) is 0 Å². The molecule has 2 rings (SSSR count). The van der Waals surface area contributed by atoms with Gasteiger partial charge in [-0.05, 0) is 24.4 Å². The molecule has 0 bridgehead atoms. The van der Waals surface area contributed by atoms with Crippen LogP contribution in [0, 0.1) is 6.92 Å². The highest BCUT2D eigenvalue weighted by molar-refractivity contribution is 7.09. The number of nitrogens with two attached hydrogens (primary N) is 1. The highest BCUT2D eigenvalue weighted by atomic mass is 32.1. The molecule has 0 aromatic carbocycles. The molecular weight excluding hydrogens is 232 g/mol. The maximum absolute atomic E-state index is 5.62. The number of hydrogen-bond acceptors (Lipinski definition) is 5. The molecule has 17 heavy (non-hydrogen) atoms. The van der Waals surface area contributed by atoms with E-state index in [2.05, 4.69) is 27.5 Å². The van der Waals surface area contributed by atoms with Crippen LogP contribution in [0.15, 0.2) is 23.6 Å². The molecule has 0 aliphatic heterocycles. The molecule has 2 N–H and O–H groups in total. The van der Waals surface area contributed by atoms with Gasteiger partial charge in [-0.25, -0.2) is 9.97 Å². The van der Waals surface area contributed by atoms with Crippen molar-refractivity contribution in [3.8, 4) is 0 Å². The number of aromatic nitrogens is 2. The Morgan fingerprint density at radius 1 is 1.41 bits per heavy atom. The fraction of sp³-hybridized carbons (Fsp3) is 0.333. The zero-order valence-corrected chi connectivity index (χ0v) is 10.9. The molecule has 2 aromatic heterocycles. The molecule has 0 aliphatic rings. The topological polar surface area (TPSA) is 55.0 Å². The van der Waals surface area contributed by atoms with E-state index in [4.69, 9.17) is 5.73 Å². The second-order valence-corrected chi connectivity index (χ2v) is 4.97. The average molecular weight is 248 g/mol.